The molecule has 1 amide bonds. The lowest BCUT2D eigenvalue weighted by atomic mass is 9.58. The van der Waals surface area contributed by atoms with E-state index in [2.05, 4.69) is 17.2 Å². The lowest BCUT2D eigenvalue weighted by Crippen LogP contribution is -2.63. The van der Waals surface area contributed by atoms with E-state index in [0.717, 1.165) is 0 Å². The molecule has 0 radical (unpaired) electrons. The first kappa shape index (κ1) is 31.7. The minimum Gasteiger partial charge on any atom is -0.510 e. The Kier molecular flexibility index (Phi) is 8.24. The van der Waals surface area contributed by atoms with E-state index < -0.39 is 64.3 Å². The average Bonchev–Trinajstić information content (AvgIpc) is 2.94. The molecule has 0 saturated carbocycles. The maximum Gasteiger partial charge on any atom is 0.255 e. The van der Waals surface area contributed by atoms with Crippen molar-refractivity contribution in [3.8, 4) is 17.6 Å². The van der Waals surface area contributed by atoms with Crippen LogP contribution < -0.4 is 11.1 Å². The van der Waals surface area contributed by atoms with Crippen LogP contribution >= 0.6 is 0 Å². The molecule has 0 spiro atoms. The van der Waals surface area contributed by atoms with Crippen molar-refractivity contribution in [2.45, 2.75) is 30.7 Å². The first-order valence-electron chi connectivity index (χ1n) is 14.4. The van der Waals surface area contributed by atoms with Crippen LogP contribution in [0.2, 0.25) is 0 Å². The van der Waals surface area contributed by atoms with Gasteiger partial charge in [-0.15, -0.1) is 0 Å². The van der Waals surface area contributed by atoms with Crippen LogP contribution in [0.5, 0.6) is 5.75 Å². The minimum absolute atomic E-state index is 0.0115. The highest BCUT2D eigenvalue weighted by Gasteiger charge is 2.63. The van der Waals surface area contributed by atoms with Crippen molar-refractivity contribution in [3.05, 3.63) is 81.3 Å². The number of anilines is 1. The van der Waals surface area contributed by atoms with E-state index in [4.69, 9.17) is 5.73 Å². The number of benzene rings is 2. The fraction of sp³-hybridized carbons (Fsp3) is 0.364. The number of rotatable bonds is 6. The van der Waals surface area contributed by atoms with E-state index in [9.17, 15) is 39.9 Å². The topological polar surface area (TPSA) is 197 Å². The second kappa shape index (κ2) is 11.7. The number of aromatic hydroxyl groups is 1. The summed E-state index contributed by atoms with van der Waals surface area (Å²) >= 11 is 0. The second-order valence-corrected chi connectivity index (χ2v) is 12.2. The lowest BCUT2D eigenvalue weighted by Gasteiger charge is -2.50. The summed E-state index contributed by atoms with van der Waals surface area (Å²) in [6, 6.07) is 8.95. The highest BCUT2D eigenvalue weighted by Crippen LogP contribution is 2.52. The predicted molar refractivity (Wildman–Crippen MR) is 164 cm³/mol. The summed E-state index contributed by atoms with van der Waals surface area (Å²) in [4.78, 5) is 42.8. The van der Waals surface area contributed by atoms with Crippen LogP contribution in [0, 0.1) is 23.7 Å². The Balaban J connectivity index is 1.52. The fourth-order valence-corrected chi connectivity index (χ4v) is 6.74. The van der Waals surface area contributed by atoms with Gasteiger partial charge in [0.25, 0.3) is 5.91 Å². The maximum atomic E-state index is 13.9. The smallest absolute Gasteiger partial charge is 0.255 e. The van der Waals surface area contributed by atoms with Gasteiger partial charge in [-0.2, -0.15) is 0 Å². The molecule has 3 aliphatic carbocycles. The number of amides is 1. The number of allylic oxidation sites excluding steroid dienone is 1. The van der Waals surface area contributed by atoms with Crippen LogP contribution in [0.3, 0.4) is 0 Å². The van der Waals surface area contributed by atoms with E-state index >= 15 is 0 Å². The van der Waals surface area contributed by atoms with Gasteiger partial charge in [0.2, 0.25) is 5.78 Å². The number of nitrogens with zero attached hydrogens (tertiary/aromatic N) is 2. The second-order valence-electron chi connectivity index (χ2n) is 12.2. The van der Waals surface area contributed by atoms with Crippen molar-refractivity contribution >= 4 is 23.2 Å². The number of likely N-dealkylation sites (N-methyl/N-ethyl adjacent to an activating group) is 2. The Morgan fingerprint density at radius 3 is 2.33 bits per heavy atom. The molecule has 45 heavy (non-hydrogen) atoms. The van der Waals surface area contributed by atoms with Crippen LogP contribution in [0.25, 0.3) is 0 Å². The molecule has 3 aliphatic rings. The number of aliphatic hydroxyl groups is 4. The van der Waals surface area contributed by atoms with Gasteiger partial charge in [0.1, 0.15) is 29.1 Å². The fourth-order valence-electron chi connectivity index (χ4n) is 6.74. The first-order valence-corrected chi connectivity index (χ1v) is 14.4. The quantitative estimate of drug-likeness (QED) is 0.138. The molecule has 2 aromatic rings. The van der Waals surface area contributed by atoms with E-state index in [1.807, 2.05) is 19.0 Å². The summed E-state index contributed by atoms with van der Waals surface area (Å²) in [5.41, 5.74) is 3.80. The number of carbonyl (C=O) groups excluding carboxylic acids is 3. The molecule has 5 atom stereocenters. The average molecular weight is 617 g/mol. The number of phenols is 1. The Morgan fingerprint density at radius 1 is 1.07 bits per heavy atom. The molecule has 12 nitrogen and oxygen atoms in total. The first-order chi connectivity index (χ1) is 21.2. The van der Waals surface area contributed by atoms with Gasteiger partial charge in [-0.25, -0.2) is 0 Å². The standard InChI is InChI=1S/C33H36N4O8/c1-36(2)15-23(39)35-19-10-6-16(7-11-19)5-8-17-9-12-22(38)25-20(17)13-18-14-21-27(37(3)4)29(41)26(32(34)44)31(43)33(21,45)30(42)24(18)28(25)40/h6-7,9-12,18,21,23,27,35,38-39,41-42,45H,13-15H2,1-4H3,(H2,34,44)/t18-,21-,23?,27-,33-/m0/s1. The number of fused-ring (bicyclic) bond motifs is 3. The third-order valence-electron chi connectivity index (χ3n) is 8.70. The number of Topliss-reactive ketones (excluding diaryl/α,β-unsaturated/α-hetero) is 2. The van der Waals surface area contributed by atoms with E-state index in [1.165, 1.54) is 11.0 Å². The SMILES string of the molecule is CN(C)CC(O)Nc1ccc(C#Cc2ccc(O)c3c2C[C@H]2C[C@H]4[C@H](N(C)C)C(O)=C(C(N)=O)C(=O)[C@@]4(O)C(O)=C2C3=O)cc1. The number of phenolic OH excluding ortho intramolecular Hbond substituents is 1. The normalized spacial score (nSPS) is 24.9. The molecule has 12 heteroatoms. The number of nitrogens with one attached hydrogen (secondary N) is 1. The zero-order valence-corrected chi connectivity index (χ0v) is 25.3. The van der Waals surface area contributed by atoms with Gasteiger partial charge >= 0.3 is 0 Å². The number of aliphatic hydroxyl groups excluding tert-OH is 3. The molecule has 236 valence electrons. The van der Waals surface area contributed by atoms with Crippen molar-refractivity contribution in [1.29, 1.82) is 0 Å². The highest BCUT2D eigenvalue weighted by atomic mass is 16.3. The van der Waals surface area contributed by atoms with Crippen molar-refractivity contribution in [2.75, 3.05) is 40.1 Å². The van der Waals surface area contributed by atoms with Gasteiger partial charge in [0.05, 0.1) is 11.6 Å². The lowest BCUT2D eigenvalue weighted by molar-refractivity contribution is -0.148. The van der Waals surface area contributed by atoms with Crippen molar-refractivity contribution in [2.24, 2.45) is 17.6 Å². The molecular formula is C33H36N4O8. The zero-order chi connectivity index (χ0) is 33.0. The monoisotopic (exact) mass is 616 g/mol. The zero-order valence-electron chi connectivity index (χ0n) is 25.3. The van der Waals surface area contributed by atoms with Gasteiger partial charge in [0, 0.05) is 34.9 Å². The molecule has 0 heterocycles. The largest absolute Gasteiger partial charge is 0.510 e. The molecule has 0 aromatic heterocycles. The molecular weight excluding hydrogens is 580 g/mol. The van der Waals surface area contributed by atoms with Crippen molar-refractivity contribution in [3.63, 3.8) is 0 Å². The highest BCUT2D eigenvalue weighted by molar-refractivity contribution is 6.24. The summed E-state index contributed by atoms with van der Waals surface area (Å²) in [6.07, 6.45) is -0.626. The van der Waals surface area contributed by atoms with E-state index in [0.29, 0.717) is 28.9 Å². The molecule has 0 bridgehead atoms. The van der Waals surface area contributed by atoms with Crippen LogP contribution in [0.15, 0.2) is 59.1 Å². The molecule has 8 N–H and O–H groups in total. The molecule has 1 unspecified atom stereocenters. The number of hydrogen-bond acceptors (Lipinski definition) is 11. The van der Waals surface area contributed by atoms with E-state index in [1.54, 1.807) is 44.4 Å². The van der Waals surface area contributed by atoms with E-state index in [-0.39, 0.29) is 29.7 Å². The summed E-state index contributed by atoms with van der Waals surface area (Å²) < 4.78 is 0. The van der Waals surface area contributed by atoms with Gasteiger partial charge < -0.3 is 41.5 Å². The molecule has 0 aliphatic heterocycles. The molecule has 0 saturated heterocycles. The maximum absolute atomic E-state index is 13.9. The summed E-state index contributed by atoms with van der Waals surface area (Å²) in [7, 11) is 6.86. The van der Waals surface area contributed by atoms with Crippen LogP contribution in [-0.2, 0) is 16.0 Å². The number of carbonyl (C=O) groups is 3. The Morgan fingerprint density at radius 2 is 1.73 bits per heavy atom. The number of primary amides is 1. The van der Waals surface area contributed by atoms with Gasteiger partial charge in [0.15, 0.2) is 11.4 Å². The van der Waals surface area contributed by atoms with Crippen LogP contribution in [0.4, 0.5) is 5.69 Å². The third-order valence-corrected chi connectivity index (χ3v) is 8.70. The van der Waals surface area contributed by atoms with Crippen LogP contribution in [0.1, 0.15) is 33.5 Å². The number of hydrogen-bond donors (Lipinski definition) is 7. The van der Waals surface area contributed by atoms with Gasteiger partial charge in [-0.3, -0.25) is 19.3 Å². The molecule has 0 fully saturated rings. The van der Waals surface area contributed by atoms with Crippen molar-refractivity contribution in [1.82, 2.24) is 9.80 Å². The van der Waals surface area contributed by atoms with Crippen LogP contribution in [-0.4, -0.2) is 105 Å². The summed E-state index contributed by atoms with van der Waals surface area (Å²) in [6.45, 7) is 0.431. The molecule has 2 aromatic carbocycles. The summed E-state index contributed by atoms with van der Waals surface area (Å²) in [5.74, 6) is -0.886. The molecule has 5 rings (SSSR count). The number of ketones is 2. The summed E-state index contributed by atoms with van der Waals surface area (Å²) in [5, 5.41) is 57.9. The van der Waals surface area contributed by atoms with Gasteiger partial charge in [-0.1, -0.05) is 11.8 Å². The Hall–Kier alpha value is -4.67. The van der Waals surface area contributed by atoms with Crippen molar-refractivity contribution < 1.29 is 39.9 Å². The number of nitrogens with two attached hydrogens (primary N) is 1. The minimum atomic E-state index is -2.69. The predicted octanol–water partition coefficient (Wildman–Crippen LogP) is 0.812. The Labute approximate surface area is 260 Å². The van der Waals surface area contributed by atoms with Gasteiger partial charge in [-0.05, 0) is 88.9 Å². The third kappa shape index (κ3) is 5.34. The Bertz CT molecular complexity index is 1720.